The van der Waals surface area contributed by atoms with E-state index < -0.39 is 35.8 Å². The highest BCUT2D eigenvalue weighted by Crippen LogP contribution is 2.25. The molecule has 0 bridgehead atoms. The van der Waals surface area contributed by atoms with Crippen LogP contribution >= 0.6 is 0 Å². The average molecular weight is 520 g/mol. The number of benzene rings is 1. The van der Waals surface area contributed by atoms with E-state index in [-0.39, 0.29) is 19.6 Å². The molecule has 204 valence electrons. The Morgan fingerprint density at radius 2 is 1.46 bits per heavy atom. The number of piperazine rings is 2. The summed E-state index contributed by atoms with van der Waals surface area (Å²) in [6.45, 7) is 11.5. The lowest BCUT2D eigenvalue weighted by Crippen LogP contribution is -2.55. The van der Waals surface area contributed by atoms with Crippen molar-refractivity contribution in [2.24, 2.45) is 0 Å². The standard InChI is InChI=1S/C23H31N5O7.C2H6/c1-23(2,3)34-21(31)26-13-14-27-18(15-26)19(29)28(20(27)30)35-22(32)25-11-9-24(10-12-25)16-5-7-17(33-4)8-6-16;1-2/h5-8,18H,9-15H2,1-4H3;1-2H3. The summed E-state index contributed by atoms with van der Waals surface area (Å²) in [5.41, 5.74) is 0.331. The molecule has 3 aliphatic rings. The van der Waals surface area contributed by atoms with Crippen molar-refractivity contribution in [3.05, 3.63) is 24.3 Å². The number of methoxy groups -OCH3 is 1. The van der Waals surface area contributed by atoms with Gasteiger partial charge in [-0.1, -0.05) is 18.9 Å². The van der Waals surface area contributed by atoms with Gasteiger partial charge in [0, 0.05) is 45.0 Å². The second-order valence-electron chi connectivity index (χ2n) is 9.58. The molecule has 5 amide bonds. The molecular weight excluding hydrogens is 482 g/mol. The summed E-state index contributed by atoms with van der Waals surface area (Å²) < 4.78 is 10.5. The van der Waals surface area contributed by atoms with Crippen molar-refractivity contribution in [1.82, 2.24) is 19.8 Å². The van der Waals surface area contributed by atoms with E-state index >= 15 is 0 Å². The molecule has 0 radical (unpaired) electrons. The van der Waals surface area contributed by atoms with E-state index in [1.807, 2.05) is 38.1 Å². The molecule has 3 aliphatic heterocycles. The molecule has 3 heterocycles. The Morgan fingerprint density at radius 3 is 2.03 bits per heavy atom. The largest absolute Gasteiger partial charge is 0.497 e. The molecule has 0 aliphatic carbocycles. The van der Waals surface area contributed by atoms with Crippen LogP contribution < -0.4 is 9.64 Å². The highest BCUT2D eigenvalue weighted by atomic mass is 16.7. The van der Waals surface area contributed by atoms with Crippen LogP contribution in [-0.4, -0.2) is 108 Å². The van der Waals surface area contributed by atoms with Gasteiger partial charge in [0.25, 0.3) is 5.91 Å². The van der Waals surface area contributed by atoms with Crippen molar-refractivity contribution < 1.29 is 33.5 Å². The number of hydrogen-bond acceptors (Lipinski definition) is 8. The summed E-state index contributed by atoms with van der Waals surface area (Å²) >= 11 is 0. The number of ether oxygens (including phenoxy) is 2. The van der Waals surface area contributed by atoms with Crippen LogP contribution in [0.25, 0.3) is 0 Å². The summed E-state index contributed by atoms with van der Waals surface area (Å²) in [7, 11) is 1.61. The Kier molecular flexibility index (Phi) is 8.72. The minimum absolute atomic E-state index is 0.0198. The van der Waals surface area contributed by atoms with Gasteiger partial charge in [-0.2, -0.15) is 0 Å². The third-order valence-electron chi connectivity index (χ3n) is 6.08. The van der Waals surface area contributed by atoms with Gasteiger partial charge < -0.3 is 33.9 Å². The van der Waals surface area contributed by atoms with Crippen molar-refractivity contribution in [3.8, 4) is 5.75 Å². The van der Waals surface area contributed by atoms with Crippen molar-refractivity contribution >= 4 is 29.8 Å². The minimum Gasteiger partial charge on any atom is -0.497 e. The highest BCUT2D eigenvalue weighted by molar-refractivity contribution is 6.04. The van der Waals surface area contributed by atoms with Crippen molar-refractivity contribution in [2.45, 2.75) is 46.3 Å². The van der Waals surface area contributed by atoms with Crippen molar-refractivity contribution in [3.63, 3.8) is 0 Å². The highest BCUT2D eigenvalue weighted by Gasteiger charge is 2.51. The first kappa shape index (κ1) is 27.9. The minimum atomic E-state index is -0.913. The van der Waals surface area contributed by atoms with E-state index in [2.05, 4.69) is 4.90 Å². The maximum atomic E-state index is 12.9. The monoisotopic (exact) mass is 519 g/mol. The summed E-state index contributed by atoms with van der Waals surface area (Å²) in [4.78, 5) is 62.3. The predicted octanol–water partition coefficient (Wildman–Crippen LogP) is 2.78. The fourth-order valence-electron chi connectivity index (χ4n) is 4.22. The molecule has 0 aromatic heterocycles. The summed E-state index contributed by atoms with van der Waals surface area (Å²) in [5.74, 6) is 0.0925. The van der Waals surface area contributed by atoms with E-state index in [1.165, 1.54) is 14.7 Å². The van der Waals surface area contributed by atoms with Gasteiger partial charge in [0.1, 0.15) is 17.4 Å². The van der Waals surface area contributed by atoms with E-state index in [1.54, 1.807) is 27.9 Å². The quantitative estimate of drug-likeness (QED) is 0.561. The van der Waals surface area contributed by atoms with Gasteiger partial charge in [-0.25, -0.2) is 14.4 Å². The number of urea groups is 1. The average Bonchev–Trinajstić information content (AvgIpc) is 3.13. The smallest absolute Gasteiger partial charge is 0.434 e. The maximum Gasteiger partial charge on any atom is 0.434 e. The second-order valence-corrected chi connectivity index (χ2v) is 9.58. The van der Waals surface area contributed by atoms with Crippen LogP contribution in [0.15, 0.2) is 24.3 Å². The van der Waals surface area contributed by atoms with Crippen molar-refractivity contribution in [1.29, 1.82) is 0 Å². The topological polar surface area (TPSA) is 112 Å². The number of anilines is 1. The lowest BCUT2D eigenvalue weighted by atomic mass is 10.2. The van der Waals surface area contributed by atoms with E-state index in [4.69, 9.17) is 14.3 Å². The zero-order valence-electron chi connectivity index (χ0n) is 22.4. The molecule has 1 aromatic rings. The Morgan fingerprint density at radius 1 is 0.865 bits per heavy atom. The van der Waals surface area contributed by atoms with Gasteiger partial charge in [0.05, 0.1) is 13.7 Å². The SMILES string of the molecule is CC.COc1ccc(N2CCN(C(=O)ON3C(=O)C4CN(C(=O)OC(C)(C)C)CCN4C3=O)CC2)cc1. The van der Waals surface area contributed by atoms with Crippen LogP contribution in [0.2, 0.25) is 0 Å². The molecule has 37 heavy (non-hydrogen) atoms. The fourth-order valence-corrected chi connectivity index (χ4v) is 4.22. The molecule has 1 aromatic carbocycles. The van der Waals surface area contributed by atoms with Gasteiger partial charge in [0.2, 0.25) is 0 Å². The summed E-state index contributed by atoms with van der Waals surface area (Å²) in [6.07, 6.45) is -1.31. The molecule has 0 spiro atoms. The van der Waals surface area contributed by atoms with Crippen LogP contribution in [0.4, 0.5) is 20.1 Å². The molecule has 0 saturated carbocycles. The molecule has 1 atom stereocenters. The maximum absolute atomic E-state index is 12.9. The number of hydrogen-bond donors (Lipinski definition) is 0. The number of rotatable bonds is 3. The number of imide groups is 1. The van der Waals surface area contributed by atoms with Gasteiger partial charge >= 0.3 is 18.2 Å². The lowest BCUT2D eigenvalue weighted by Gasteiger charge is -2.35. The zero-order valence-corrected chi connectivity index (χ0v) is 22.4. The lowest BCUT2D eigenvalue weighted by molar-refractivity contribution is -0.152. The predicted molar refractivity (Wildman–Crippen MR) is 135 cm³/mol. The van der Waals surface area contributed by atoms with E-state index in [0.29, 0.717) is 31.2 Å². The van der Waals surface area contributed by atoms with Crippen LogP contribution in [0, 0.1) is 0 Å². The molecular formula is C25H37N5O7. The molecule has 0 N–H and O–H groups in total. The van der Waals surface area contributed by atoms with Crippen LogP contribution in [0.1, 0.15) is 34.6 Å². The summed E-state index contributed by atoms with van der Waals surface area (Å²) in [5, 5.41) is 0.515. The van der Waals surface area contributed by atoms with E-state index in [9.17, 15) is 19.2 Å². The second kappa shape index (κ2) is 11.6. The number of carbonyl (C=O) groups excluding carboxylic acids is 4. The van der Waals surface area contributed by atoms with Crippen LogP contribution in [-0.2, 0) is 14.4 Å². The molecule has 12 heteroatoms. The zero-order chi connectivity index (χ0) is 27.3. The van der Waals surface area contributed by atoms with Gasteiger partial charge in [-0.05, 0) is 45.0 Å². The molecule has 1 unspecified atom stereocenters. The Balaban J connectivity index is 0.00000186. The number of nitrogens with zero attached hydrogens (tertiary/aromatic N) is 5. The Hall–Kier alpha value is -3.70. The molecule has 12 nitrogen and oxygen atoms in total. The van der Waals surface area contributed by atoms with Gasteiger partial charge in [0.15, 0.2) is 0 Å². The van der Waals surface area contributed by atoms with Crippen molar-refractivity contribution in [2.75, 3.05) is 57.8 Å². The summed E-state index contributed by atoms with van der Waals surface area (Å²) in [6, 6.07) is 6.03. The first-order valence-corrected chi connectivity index (χ1v) is 12.6. The number of carbonyl (C=O) groups is 4. The third-order valence-corrected chi connectivity index (χ3v) is 6.08. The van der Waals surface area contributed by atoms with Crippen LogP contribution in [0.3, 0.4) is 0 Å². The third kappa shape index (κ3) is 6.36. The van der Waals surface area contributed by atoms with Gasteiger partial charge in [-0.15, -0.1) is 0 Å². The molecule has 4 rings (SSSR count). The van der Waals surface area contributed by atoms with E-state index in [0.717, 1.165) is 11.4 Å². The van der Waals surface area contributed by atoms with Gasteiger partial charge in [-0.3, -0.25) is 4.79 Å². The fraction of sp³-hybridized carbons (Fsp3) is 0.600. The first-order valence-electron chi connectivity index (χ1n) is 12.6. The normalized spacial score (nSPS) is 19.7. The number of amides is 5. The molecule has 3 fully saturated rings. The Bertz CT molecular complexity index is 986. The first-order chi connectivity index (χ1) is 17.6. The Labute approximate surface area is 217 Å². The molecule has 3 saturated heterocycles. The van der Waals surface area contributed by atoms with Crippen LogP contribution in [0.5, 0.6) is 5.75 Å². The number of fused-ring (bicyclic) bond motifs is 1. The number of hydroxylamine groups is 2.